The number of halogens is 1. The van der Waals surface area contributed by atoms with Crippen molar-refractivity contribution < 1.29 is 17.3 Å². The number of hydrogen-bond acceptors (Lipinski definition) is 9. The number of piperidine rings is 1. The van der Waals surface area contributed by atoms with Gasteiger partial charge in [-0.25, -0.2) is 22.8 Å². The van der Waals surface area contributed by atoms with Gasteiger partial charge in [-0.3, -0.25) is 0 Å². The van der Waals surface area contributed by atoms with E-state index in [-0.39, 0.29) is 16.5 Å². The molecule has 9 nitrogen and oxygen atoms in total. The van der Waals surface area contributed by atoms with Crippen molar-refractivity contribution in [2.24, 2.45) is 0 Å². The van der Waals surface area contributed by atoms with Gasteiger partial charge in [0.2, 0.25) is 5.89 Å². The first-order valence-electron chi connectivity index (χ1n) is 11.4. The van der Waals surface area contributed by atoms with Gasteiger partial charge in [-0.15, -0.1) is 0 Å². The molecule has 1 N–H and O–H groups in total. The molecule has 5 rings (SSSR count). The zero-order valence-electron chi connectivity index (χ0n) is 19.3. The molecule has 11 heteroatoms. The van der Waals surface area contributed by atoms with E-state index in [2.05, 4.69) is 30.3 Å². The molecular weight excluding hydrogens is 459 g/mol. The maximum atomic E-state index is 14.6. The largest absolute Gasteiger partial charge is 0.350 e. The number of rotatable bonds is 6. The minimum Gasteiger partial charge on any atom is -0.350 e. The second-order valence-electron chi connectivity index (χ2n) is 9.07. The third-order valence-electron chi connectivity index (χ3n) is 6.81. The summed E-state index contributed by atoms with van der Waals surface area (Å²) in [5.41, 5.74) is 0.973. The molecule has 180 valence electrons. The van der Waals surface area contributed by atoms with E-state index in [1.54, 1.807) is 0 Å². The van der Waals surface area contributed by atoms with E-state index in [0.717, 1.165) is 67.5 Å². The predicted octanol–water partition coefficient (Wildman–Crippen LogP) is 3.93. The minimum atomic E-state index is -3.49. The number of benzene rings is 1. The summed E-state index contributed by atoms with van der Waals surface area (Å²) in [6, 6.07) is 4.41. The molecule has 2 aromatic heterocycles. The summed E-state index contributed by atoms with van der Waals surface area (Å²) in [4.78, 5) is 15.7. The number of aryl methyl sites for hydroxylation is 1. The average molecular weight is 487 g/mol. The number of nitrogens with zero attached hydrogens (tertiary/aromatic N) is 5. The van der Waals surface area contributed by atoms with Crippen LogP contribution in [0.25, 0.3) is 0 Å². The fourth-order valence-electron chi connectivity index (χ4n) is 5.08. The molecule has 2 saturated heterocycles. The van der Waals surface area contributed by atoms with Crippen molar-refractivity contribution in [2.75, 3.05) is 16.5 Å². The monoisotopic (exact) mass is 486 g/mol. The molecule has 2 aliphatic heterocycles. The molecule has 0 amide bonds. The van der Waals surface area contributed by atoms with Crippen LogP contribution in [0.5, 0.6) is 0 Å². The minimum absolute atomic E-state index is 0.0672. The predicted molar refractivity (Wildman–Crippen MR) is 125 cm³/mol. The Balaban J connectivity index is 1.38. The molecule has 3 aromatic rings. The van der Waals surface area contributed by atoms with Crippen molar-refractivity contribution in [3.63, 3.8) is 0 Å². The van der Waals surface area contributed by atoms with E-state index in [0.29, 0.717) is 17.9 Å². The topological polar surface area (TPSA) is 114 Å². The fourth-order valence-corrected chi connectivity index (χ4v) is 5.72. The normalized spacial score (nSPS) is 22.2. The summed E-state index contributed by atoms with van der Waals surface area (Å²) in [7, 11) is -3.49. The van der Waals surface area contributed by atoms with Gasteiger partial charge in [0.05, 0.1) is 10.6 Å². The maximum absolute atomic E-state index is 14.6. The average Bonchev–Trinajstić information content (AvgIpc) is 3.38. The summed E-state index contributed by atoms with van der Waals surface area (Å²) in [6.07, 6.45) is 7.22. The van der Waals surface area contributed by atoms with Crippen LogP contribution in [0.2, 0.25) is 0 Å². The number of anilines is 3. The lowest BCUT2D eigenvalue weighted by molar-refractivity contribution is 0.304. The Hall–Kier alpha value is -3.08. The summed E-state index contributed by atoms with van der Waals surface area (Å²) in [6.45, 7) is 3.92. The zero-order chi connectivity index (χ0) is 24.0. The first kappa shape index (κ1) is 22.7. The van der Waals surface area contributed by atoms with Gasteiger partial charge in [-0.2, -0.15) is 4.98 Å². The van der Waals surface area contributed by atoms with Crippen molar-refractivity contribution >= 4 is 27.2 Å². The first-order chi connectivity index (χ1) is 16.2. The highest BCUT2D eigenvalue weighted by Crippen LogP contribution is 2.45. The Bertz CT molecular complexity index is 1310. The van der Waals surface area contributed by atoms with Crippen LogP contribution in [0.3, 0.4) is 0 Å². The Labute approximate surface area is 197 Å². The van der Waals surface area contributed by atoms with Gasteiger partial charge >= 0.3 is 0 Å². The lowest BCUT2D eigenvalue weighted by atomic mass is 9.90. The molecule has 2 bridgehead atoms. The number of aromatic nitrogens is 4. The van der Waals surface area contributed by atoms with Crippen molar-refractivity contribution in [3.8, 4) is 0 Å². The zero-order valence-corrected chi connectivity index (χ0v) is 20.1. The third kappa shape index (κ3) is 4.13. The van der Waals surface area contributed by atoms with Crippen LogP contribution >= 0.6 is 0 Å². The van der Waals surface area contributed by atoms with Crippen LogP contribution in [0.1, 0.15) is 55.8 Å². The Morgan fingerprint density at radius 1 is 1.21 bits per heavy atom. The van der Waals surface area contributed by atoms with Gasteiger partial charge in [-0.1, -0.05) is 12.1 Å². The van der Waals surface area contributed by atoms with Crippen molar-refractivity contribution in [2.45, 2.75) is 68.8 Å². The first-order valence-corrected chi connectivity index (χ1v) is 13.3. The third-order valence-corrected chi connectivity index (χ3v) is 7.92. The highest BCUT2D eigenvalue weighted by atomic mass is 32.2. The van der Waals surface area contributed by atoms with Gasteiger partial charge in [0.15, 0.2) is 15.7 Å². The molecule has 34 heavy (non-hydrogen) atoms. The van der Waals surface area contributed by atoms with Gasteiger partial charge in [0.1, 0.15) is 23.8 Å². The van der Waals surface area contributed by atoms with Crippen LogP contribution in [-0.2, 0) is 16.3 Å². The van der Waals surface area contributed by atoms with Gasteiger partial charge in [0, 0.05) is 36.2 Å². The standard InChI is InChI=1S/C23H27FN6O3S/c1-4-20-28-23(33-29-20)14-9-15-5-6-16(10-14)30(15)22-13(2)21(25-12-26-22)27-19-8-7-17(11-18(19)24)34(3,31)32/h7-8,11-12,14-16H,4-6,9-10H2,1-3H3,(H,25,26,27). The molecule has 2 aliphatic rings. The van der Waals surface area contributed by atoms with E-state index in [1.807, 2.05) is 13.8 Å². The van der Waals surface area contributed by atoms with Gasteiger partial charge < -0.3 is 14.7 Å². The van der Waals surface area contributed by atoms with Crippen LogP contribution in [0.15, 0.2) is 33.9 Å². The van der Waals surface area contributed by atoms with Crippen molar-refractivity contribution in [1.82, 2.24) is 20.1 Å². The van der Waals surface area contributed by atoms with Crippen molar-refractivity contribution in [1.29, 1.82) is 0 Å². The summed E-state index contributed by atoms with van der Waals surface area (Å²) < 4.78 is 43.5. The number of hydrogen-bond donors (Lipinski definition) is 1. The van der Waals surface area contributed by atoms with E-state index < -0.39 is 15.7 Å². The van der Waals surface area contributed by atoms with E-state index in [4.69, 9.17) is 4.52 Å². The second kappa shape index (κ2) is 8.61. The lowest BCUT2D eigenvalue weighted by Crippen LogP contribution is -2.43. The second-order valence-corrected chi connectivity index (χ2v) is 11.1. The summed E-state index contributed by atoms with van der Waals surface area (Å²) >= 11 is 0. The molecule has 2 fully saturated rings. The molecule has 0 aliphatic carbocycles. The Morgan fingerprint density at radius 3 is 2.56 bits per heavy atom. The number of nitrogens with one attached hydrogen (secondary N) is 1. The number of fused-ring (bicyclic) bond motifs is 2. The van der Waals surface area contributed by atoms with Gasteiger partial charge in [-0.05, 0) is 50.8 Å². The molecule has 2 atom stereocenters. The lowest BCUT2D eigenvalue weighted by Gasteiger charge is -2.39. The Kier molecular flexibility index (Phi) is 5.75. The Morgan fingerprint density at radius 2 is 1.94 bits per heavy atom. The van der Waals surface area contributed by atoms with Gasteiger partial charge in [0.25, 0.3) is 0 Å². The maximum Gasteiger partial charge on any atom is 0.229 e. The smallest absolute Gasteiger partial charge is 0.229 e. The van der Waals surface area contributed by atoms with Crippen LogP contribution in [0.4, 0.5) is 21.7 Å². The molecule has 2 unspecified atom stereocenters. The highest BCUT2D eigenvalue weighted by molar-refractivity contribution is 7.90. The molecule has 4 heterocycles. The molecule has 0 radical (unpaired) electrons. The number of sulfone groups is 1. The van der Waals surface area contributed by atoms with E-state index in [1.165, 1.54) is 18.5 Å². The van der Waals surface area contributed by atoms with Crippen LogP contribution in [0, 0.1) is 12.7 Å². The van der Waals surface area contributed by atoms with E-state index >= 15 is 0 Å². The molecule has 0 spiro atoms. The van der Waals surface area contributed by atoms with Crippen LogP contribution in [-0.4, -0.2) is 46.9 Å². The summed E-state index contributed by atoms with van der Waals surface area (Å²) in [5, 5.41) is 7.07. The van der Waals surface area contributed by atoms with Crippen LogP contribution < -0.4 is 10.2 Å². The van der Waals surface area contributed by atoms with E-state index in [9.17, 15) is 12.8 Å². The molecule has 1 aromatic carbocycles. The fraction of sp³-hybridized carbons (Fsp3) is 0.478. The van der Waals surface area contributed by atoms with Crippen molar-refractivity contribution in [3.05, 3.63) is 47.6 Å². The SMILES string of the molecule is CCc1noc(C2CC3CCC(C2)N3c2ncnc(Nc3ccc(S(C)(=O)=O)cc3F)c2C)n1. The molecule has 0 saturated carbocycles. The molecular formula is C23H27FN6O3S. The summed E-state index contributed by atoms with van der Waals surface area (Å²) in [5.74, 6) is 2.36. The highest BCUT2D eigenvalue weighted by Gasteiger charge is 2.44. The quantitative estimate of drug-likeness (QED) is 0.553.